The lowest BCUT2D eigenvalue weighted by Crippen LogP contribution is -2.22. The summed E-state index contributed by atoms with van der Waals surface area (Å²) in [5, 5.41) is 4.09. The number of nitrogens with two attached hydrogens (primary N) is 1. The normalized spacial score (nSPS) is 24.6. The van der Waals surface area contributed by atoms with Gasteiger partial charge in [-0.3, -0.25) is 4.79 Å². The summed E-state index contributed by atoms with van der Waals surface area (Å²) in [5.74, 6) is 0.0431. The van der Waals surface area contributed by atoms with Crippen molar-refractivity contribution in [3.63, 3.8) is 0 Å². The van der Waals surface area contributed by atoms with Gasteiger partial charge in [0.05, 0.1) is 37.5 Å². The Morgan fingerprint density at radius 1 is 1.47 bits per heavy atom. The maximum Gasteiger partial charge on any atom is 0.252 e. The van der Waals surface area contributed by atoms with Crippen molar-refractivity contribution in [2.45, 2.75) is 6.10 Å². The molecule has 19 heavy (non-hydrogen) atoms. The van der Waals surface area contributed by atoms with Crippen LogP contribution in [0.3, 0.4) is 0 Å². The number of fused-ring (bicyclic) bond motifs is 1. The number of ether oxygens (including phenoxy) is 2. The first kappa shape index (κ1) is 12.0. The summed E-state index contributed by atoms with van der Waals surface area (Å²) < 4.78 is 10.5. The van der Waals surface area contributed by atoms with Gasteiger partial charge in [0.25, 0.3) is 5.91 Å². The van der Waals surface area contributed by atoms with Crippen LogP contribution in [0.5, 0.6) is 5.75 Å². The summed E-state index contributed by atoms with van der Waals surface area (Å²) in [6, 6.07) is 5.24. The van der Waals surface area contributed by atoms with E-state index in [2.05, 4.69) is 5.16 Å². The molecule has 1 aromatic rings. The van der Waals surface area contributed by atoms with Gasteiger partial charge < -0.3 is 20.0 Å². The summed E-state index contributed by atoms with van der Waals surface area (Å²) in [7, 11) is 1.50. The first-order chi connectivity index (χ1) is 9.20. The Morgan fingerprint density at radius 2 is 2.32 bits per heavy atom. The second kappa shape index (κ2) is 4.55. The quantitative estimate of drug-likeness (QED) is 0.862. The van der Waals surface area contributed by atoms with E-state index in [-0.39, 0.29) is 12.0 Å². The fourth-order valence-corrected chi connectivity index (χ4v) is 2.41. The van der Waals surface area contributed by atoms with Crippen LogP contribution < -0.4 is 10.5 Å². The number of rotatable bonds is 3. The van der Waals surface area contributed by atoms with Crippen molar-refractivity contribution in [3.05, 3.63) is 29.3 Å². The average molecular weight is 262 g/mol. The second-order valence-electron chi connectivity index (χ2n) is 4.54. The van der Waals surface area contributed by atoms with Gasteiger partial charge in [0.15, 0.2) is 6.10 Å². The third kappa shape index (κ3) is 1.94. The molecule has 6 nitrogen and oxygen atoms in total. The number of carbonyl (C=O) groups excluding carboxylic acids is 1. The predicted octanol–water partition coefficient (Wildman–Crippen LogP) is 0.543. The Bertz CT molecular complexity index is 556. The summed E-state index contributed by atoms with van der Waals surface area (Å²) in [6.45, 7) is 1.14. The van der Waals surface area contributed by atoms with Crippen LogP contribution in [0, 0.1) is 5.92 Å². The first-order valence-corrected chi connectivity index (χ1v) is 6.00. The number of oxime groups is 1. The Labute approximate surface area is 110 Å². The average Bonchev–Trinajstić information content (AvgIpc) is 3.00. The topological polar surface area (TPSA) is 83.1 Å². The fraction of sp³-hybridized carbons (Fsp3) is 0.385. The van der Waals surface area contributed by atoms with Crippen molar-refractivity contribution in [2.75, 3.05) is 20.3 Å². The number of benzene rings is 1. The molecule has 1 fully saturated rings. The lowest BCUT2D eigenvalue weighted by atomic mass is 9.93. The molecule has 0 saturated carbocycles. The Kier molecular flexibility index (Phi) is 2.87. The van der Waals surface area contributed by atoms with Gasteiger partial charge in [-0.2, -0.15) is 0 Å². The molecular formula is C13H14N2O4. The van der Waals surface area contributed by atoms with E-state index >= 15 is 0 Å². The largest absolute Gasteiger partial charge is 0.496 e. The molecule has 1 aromatic carbocycles. The lowest BCUT2D eigenvalue weighted by molar-refractivity contribution is 0.0558. The van der Waals surface area contributed by atoms with Crippen molar-refractivity contribution in [1.29, 1.82) is 0 Å². The van der Waals surface area contributed by atoms with Gasteiger partial charge >= 0.3 is 0 Å². The SMILES string of the molecule is COc1ccc(C2=NOC3COCC23)cc1C(N)=O. The van der Waals surface area contributed by atoms with Crippen LogP contribution in [-0.2, 0) is 9.57 Å². The molecule has 1 amide bonds. The molecule has 2 atom stereocenters. The molecule has 6 heteroatoms. The van der Waals surface area contributed by atoms with Gasteiger partial charge in [0.1, 0.15) is 5.75 Å². The van der Waals surface area contributed by atoms with Crippen LogP contribution in [-0.4, -0.2) is 38.0 Å². The van der Waals surface area contributed by atoms with E-state index in [1.165, 1.54) is 7.11 Å². The molecule has 0 aliphatic carbocycles. The van der Waals surface area contributed by atoms with E-state index in [9.17, 15) is 4.79 Å². The summed E-state index contributed by atoms with van der Waals surface area (Å²) in [4.78, 5) is 16.7. The highest BCUT2D eigenvalue weighted by atomic mass is 16.7. The molecule has 2 aliphatic heterocycles. The standard InChI is InChI=1S/C13H14N2O4/c1-17-10-3-2-7(4-8(10)13(14)16)12-9-5-18-6-11(9)19-15-12/h2-4,9,11H,5-6H2,1H3,(H2,14,16). The van der Waals surface area contributed by atoms with E-state index < -0.39 is 5.91 Å². The Hall–Kier alpha value is -2.08. The number of hydrogen-bond donors (Lipinski definition) is 1. The predicted molar refractivity (Wildman–Crippen MR) is 67.2 cm³/mol. The van der Waals surface area contributed by atoms with Crippen LogP contribution in [0.15, 0.2) is 23.4 Å². The zero-order valence-electron chi connectivity index (χ0n) is 10.5. The molecule has 2 heterocycles. The summed E-state index contributed by atoms with van der Waals surface area (Å²) >= 11 is 0. The number of methoxy groups -OCH3 is 1. The summed E-state index contributed by atoms with van der Waals surface area (Å²) in [6.07, 6.45) is -0.0193. The second-order valence-corrected chi connectivity index (χ2v) is 4.54. The summed E-state index contributed by atoms with van der Waals surface area (Å²) in [5.41, 5.74) is 7.30. The van der Waals surface area contributed by atoms with Crippen LogP contribution in [0.1, 0.15) is 15.9 Å². The van der Waals surface area contributed by atoms with Gasteiger partial charge in [0.2, 0.25) is 0 Å². The number of hydrogen-bond acceptors (Lipinski definition) is 5. The highest BCUT2D eigenvalue weighted by Gasteiger charge is 2.39. The number of carbonyl (C=O) groups is 1. The van der Waals surface area contributed by atoms with Crippen molar-refractivity contribution in [1.82, 2.24) is 0 Å². The molecule has 0 spiro atoms. The molecule has 0 radical (unpaired) electrons. The molecular weight excluding hydrogens is 248 g/mol. The van der Waals surface area contributed by atoms with Gasteiger partial charge in [-0.25, -0.2) is 0 Å². The maximum absolute atomic E-state index is 11.4. The molecule has 2 aliphatic rings. The molecule has 3 rings (SSSR count). The zero-order chi connectivity index (χ0) is 13.4. The van der Waals surface area contributed by atoms with E-state index in [1.807, 2.05) is 6.07 Å². The van der Waals surface area contributed by atoms with Crippen LogP contribution in [0.4, 0.5) is 0 Å². The minimum absolute atomic E-state index is 0.0193. The van der Waals surface area contributed by atoms with Crippen molar-refractivity contribution >= 4 is 11.6 Å². The monoisotopic (exact) mass is 262 g/mol. The van der Waals surface area contributed by atoms with Crippen LogP contribution in [0.2, 0.25) is 0 Å². The Balaban J connectivity index is 1.98. The van der Waals surface area contributed by atoms with E-state index in [1.54, 1.807) is 12.1 Å². The van der Waals surface area contributed by atoms with Gasteiger partial charge in [0, 0.05) is 5.56 Å². The molecule has 0 bridgehead atoms. The first-order valence-electron chi connectivity index (χ1n) is 6.00. The molecule has 2 N–H and O–H groups in total. The number of amides is 1. The van der Waals surface area contributed by atoms with Crippen molar-refractivity contribution < 1.29 is 19.1 Å². The molecule has 100 valence electrons. The lowest BCUT2D eigenvalue weighted by Gasteiger charge is -2.10. The molecule has 1 saturated heterocycles. The van der Waals surface area contributed by atoms with E-state index in [0.717, 1.165) is 11.3 Å². The fourth-order valence-electron chi connectivity index (χ4n) is 2.41. The van der Waals surface area contributed by atoms with E-state index in [4.69, 9.17) is 20.0 Å². The van der Waals surface area contributed by atoms with E-state index in [0.29, 0.717) is 24.5 Å². The van der Waals surface area contributed by atoms with Gasteiger partial charge in [-0.15, -0.1) is 0 Å². The van der Waals surface area contributed by atoms with Crippen molar-refractivity contribution in [2.24, 2.45) is 16.8 Å². The third-order valence-corrected chi connectivity index (χ3v) is 3.43. The van der Waals surface area contributed by atoms with Gasteiger partial charge in [-0.1, -0.05) is 5.16 Å². The maximum atomic E-state index is 11.4. The minimum atomic E-state index is -0.530. The molecule has 0 aromatic heterocycles. The minimum Gasteiger partial charge on any atom is -0.496 e. The smallest absolute Gasteiger partial charge is 0.252 e. The van der Waals surface area contributed by atoms with Crippen LogP contribution >= 0.6 is 0 Å². The molecule has 2 unspecified atom stereocenters. The zero-order valence-corrected chi connectivity index (χ0v) is 10.5. The number of primary amides is 1. The Morgan fingerprint density at radius 3 is 3.05 bits per heavy atom. The highest BCUT2D eigenvalue weighted by Crippen LogP contribution is 2.30. The number of nitrogens with zero attached hydrogens (tertiary/aromatic N) is 1. The van der Waals surface area contributed by atoms with Gasteiger partial charge in [-0.05, 0) is 18.2 Å². The van der Waals surface area contributed by atoms with Crippen LogP contribution in [0.25, 0.3) is 0 Å². The van der Waals surface area contributed by atoms with Crippen molar-refractivity contribution in [3.8, 4) is 5.75 Å². The third-order valence-electron chi connectivity index (χ3n) is 3.43. The highest BCUT2D eigenvalue weighted by molar-refractivity contribution is 6.06.